The topological polar surface area (TPSA) is 72.7 Å². The van der Waals surface area contributed by atoms with Crippen LogP contribution in [0.15, 0.2) is 67.1 Å². The molecule has 6 heteroatoms. The van der Waals surface area contributed by atoms with Crippen molar-refractivity contribution >= 4 is 5.91 Å². The molecular weight excluding hydrogens is 278 g/mol. The molecule has 0 bridgehead atoms. The van der Waals surface area contributed by atoms with Gasteiger partial charge in [-0.2, -0.15) is 15.0 Å². The fourth-order valence-corrected chi connectivity index (χ4v) is 2.15. The van der Waals surface area contributed by atoms with Crippen molar-refractivity contribution in [2.75, 3.05) is 0 Å². The van der Waals surface area contributed by atoms with Gasteiger partial charge in [0.05, 0.1) is 25.0 Å². The van der Waals surface area contributed by atoms with Crippen molar-refractivity contribution in [3.63, 3.8) is 0 Å². The van der Waals surface area contributed by atoms with Crippen LogP contribution in [0.25, 0.3) is 0 Å². The summed E-state index contributed by atoms with van der Waals surface area (Å²) in [5.74, 6) is -0.221. The van der Waals surface area contributed by atoms with E-state index in [4.69, 9.17) is 0 Å². The molecule has 0 unspecified atom stereocenters. The van der Waals surface area contributed by atoms with Crippen molar-refractivity contribution in [2.45, 2.75) is 12.6 Å². The summed E-state index contributed by atoms with van der Waals surface area (Å²) in [5.41, 5.74) is 1.38. The van der Waals surface area contributed by atoms with Crippen LogP contribution in [0, 0.1) is 0 Å². The molecule has 2 aromatic heterocycles. The van der Waals surface area contributed by atoms with E-state index >= 15 is 0 Å². The van der Waals surface area contributed by atoms with Gasteiger partial charge in [-0.15, -0.1) is 0 Å². The second-order valence-electron chi connectivity index (χ2n) is 4.74. The molecule has 1 N–H and O–H groups in total. The van der Waals surface area contributed by atoms with Crippen LogP contribution < -0.4 is 5.32 Å². The van der Waals surface area contributed by atoms with E-state index in [1.165, 1.54) is 0 Å². The van der Waals surface area contributed by atoms with Gasteiger partial charge >= 0.3 is 0 Å². The van der Waals surface area contributed by atoms with E-state index < -0.39 is 0 Å². The first-order valence-corrected chi connectivity index (χ1v) is 6.94. The third-order valence-corrected chi connectivity index (χ3v) is 3.22. The van der Waals surface area contributed by atoms with E-state index in [0.29, 0.717) is 12.2 Å². The number of rotatable bonds is 5. The highest BCUT2D eigenvalue weighted by molar-refractivity contribution is 5.92. The minimum Gasteiger partial charge on any atom is -0.342 e. The van der Waals surface area contributed by atoms with E-state index in [9.17, 15) is 4.79 Å². The summed E-state index contributed by atoms with van der Waals surface area (Å²) in [6.07, 6.45) is 4.83. The van der Waals surface area contributed by atoms with Gasteiger partial charge in [0.25, 0.3) is 5.91 Å². The number of nitrogens with one attached hydrogen (secondary N) is 1. The van der Waals surface area contributed by atoms with Gasteiger partial charge in [0.2, 0.25) is 0 Å². The molecule has 0 spiro atoms. The summed E-state index contributed by atoms with van der Waals surface area (Å²) in [5, 5.41) is 11.2. The maximum absolute atomic E-state index is 12.3. The second kappa shape index (κ2) is 6.62. The predicted octanol–water partition coefficient (Wildman–Crippen LogP) is 1.84. The fraction of sp³-hybridized carbons (Fsp3) is 0.125. The highest BCUT2D eigenvalue weighted by Crippen LogP contribution is 2.15. The summed E-state index contributed by atoms with van der Waals surface area (Å²) >= 11 is 0. The molecule has 110 valence electrons. The number of carbonyl (C=O) groups excluding carboxylic acids is 1. The molecule has 0 fully saturated rings. The van der Waals surface area contributed by atoms with Gasteiger partial charge in [-0.3, -0.25) is 9.78 Å². The molecule has 3 aromatic rings. The highest BCUT2D eigenvalue weighted by atomic mass is 16.1. The Morgan fingerprint density at radius 2 is 1.73 bits per heavy atom. The van der Waals surface area contributed by atoms with Gasteiger partial charge in [0.1, 0.15) is 5.69 Å². The van der Waals surface area contributed by atoms with Gasteiger partial charge < -0.3 is 5.32 Å². The summed E-state index contributed by atoms with van der Waals surface area (Å²) in [6.45, 7) is 0.454. The maximum Gasteiger partial charge on any atom is 0.270 e. The molecule has 6 nitrogen and oxygen atoms in total. The zero-order chi connectivity index (χ0) is 15.2. The number of aromatic nitrogens is 4. The molecule has 22 heavy (non-hydrogen) atoms. The van der Waals surface area contributed by atoms with E-state index in [2.05, 4.69) is 20.5 Å². The van der Waals surface area contributed by atoms with Crippen molar-refractivity contribution < 1.29 is 4.79 Å². The zero-order valence-electron chi connectivity index (χ0n) is 11.8. The molecule has 3 rings (SSSR count). The summed E-state index contributed by atoms with van der Waals surface area (Å²) < 4.78 is 0. The Bertz CT molecular complexity index is 713. The first-order chi connectivity index (χ1) is 10.8. The Hall–Kier alpha value is -3.02. The van der Waals surface area contributed by atoms with E-state index in [-0.39, 0.29) is 11.9 Å². The average Bonchev–Trinajstić information content (AvgIpc) is 3.09. The highest BCUT2D eigenvalue weighted by Gasteiger charge is 2.17. The Morgan fingerprint density at radius 1 is 1.00 bits per heavy atom. The molecule has 0 saturated heterocycles. The predicted molar refractivity (Wildman–Crippen MR) is 80.9 cm³/mol. The van der Waals surface area contributed by atoms with Crippen molar-refractivity contribution in [3.05, 3.63) is 78.4 Å². The van der Waals surface area contributed by atoms with Crippen LogP contribution >= 0.6 is 0 Å². The van der Waals surface area contributed by atoms with Gasteiger partial charge in [0.15, 0.2) is 0 Å². The number of pyridine rings is 1. The van der Waals surface area contributed by atoms with Crippen molar-refractivity contribution in [3.8, 4) is 0 Å². The number of hydrogen-bond donors (Lipinski definition) is 1. The molecule has 0 aliphatic rings. The van der Waals surface area contributed by atoms with Crippen LogP contribution in [-0.2, 0) is 6.54 Å². The third-order valence-electron chi connectivity index (χ3n) is 3.22. The average molecular weight is 293 g/mol. The number of carbonyl (C=O) groups is 1. The van der Waals surface area contributed by atoms with Crippen LogP contribution in [-0.4, -0.2) is 25.9 Å². The molecule has 1 atom stereocenters. The van der Waals surface area contributed by atoms with Crippen molar-refractivity contribution in [1.82, 2.24) is 25.3 Å². The first kappa shape index (κ1) is 13.9. The molecule has 0 radical (unpaired) electrons. The van der Waals surface area contributed by atoms with Gasteiger partial charge in [-0.25, -0.2) is 0 Å². The van der Waals surface area contributed by atoms with E-state index in [0.717, 1.165) is 5.56 Å². The van der Waals surface area contributed by atoms with Crippen LogP contribution in [0.2, 0.25) is 0 Å². The molecule has 0 saturated carbocycles. The molecule has 2 heterocycles. The van der Waals surface area contributed by atoms with Gasteiger partial charge in [-0.05, 0) is 17.7 Å². The normalized spacial score (nSPS) is 11.8. The summed E-state index contributed by atoms with van der Waals surface area (Å²) in [4.78, 5) is 18.0. The lowest BCUT2D eigenvalue weighted by Crippen LogP contribution is -2.32. The lowest BCUT2D eigenvalue weighted by molar-refractivity contribution is 0.0925. The van der Waals surface area contributed by atoms with Crippen LogP contribution in [0.1, 0.15) is 22.1 Å². The largest absolute Gasteiger partial charge is 0.342 e. The minimum absolute atomic E-state index is 0.221. The van der Waals surface area contributed by atoms with Crippen LogP contribution in [0.5, 0.6) is 0 Å². The molecule has 1 aromatic carbocycles. The third kappa shape index (κ3) is 3.35. The molecule has 0 aliphatic carbocycles. The van der Waals surface area contributed by atoms with Crippen LogP contribution in [0.3, 0.4) is 0 Å². The maximum atomic E-state index is 12.3. The summed E-state index contributed by atoms with van der Waals surface area (Å²) in [6, 6.07) is 14.8. The minimum atomic E-state index is -0.233. The standard InChI is InChI=1S/C16H15N5O/c22-16(14-8-4-5-9-17-14)20-15(12-21-18-10-11-19-21)13-6-2-1-3-7-13/h1-11,15H,12H2,(H,20,22)/t15-/m0/s1. The quantitative estimate of drug-likeness (QED) is 0.779. The smallest absolute Gasteiger partial charge is 0.270 e. The molecular formula is C16H15N5O. The van der Waals surface area contributed by atoms with Gasteiger partial charge in [0, 0.05) is 6.20 Å². The van der Waals surface area contributed by atoms with Crippen molar-refractivity contribution in [1.29, 1.82) is 0 Å². The lowest BCUT2D eigenvalue weighted by atomic mass is 10.1. The van der Waals surface area contributed by atoms with Crippen molar-refractivity contribution in [2.24, 2.45) is 0 Å². The second-order valence-corrected chi connectivity index (χ2v) is 4.74. The SMILES string of the molecule is O=C(N[C@@H](Cn1nccn1)c1ccccc1)c1ccccn1. The first-order valence-electron chi connectivity index (χ1n) is 6.94. The Balaban J connectivity index is 1.81. The molecule has 0 aliphatic heterocycles. The number of amides is 1. The van der Waals surface area contributed by atoms with Crippen LogP contribution in [0.4, 0.5) is 0 Å². The number of benzene rings is 1. The Morgan fingerprint density at radius 3 is 2.41 bits per heavy atom. The zero-order valence-corrected chi connectivity index (χ0v) is 11.8. The fourth-order valence-electron chi connectivity index (χ4n) is 2.15. The van der Waals surface area contributed by atoms with E-state index in [1.54, 1.807) is 41.6 Å². The summed E-state index contributed by atoms with van der Waals surface area (Å²) in [7, 11) is 0. The monoisotopic (exact) mass is 293 g/mol. The Labute approximate surface area is 127 Å². The molecule has 1 amide bonds. The lowest BCUT2D eigenvalue weighted by Gasteiger charge is -2.18. The Kier molecular flexibility index (Phi) is 4.20. The van der Waals surface area contributed by atoms with E-state index in [1.807, 2.05) is 30.3 Å². The van der Waals surface area contributed by atoms with Gasteiger partial charge in [-0.1, -0.05) is 36.4 Å². The number of hydrogen-bond acceptors (Lipinski definition) is 4. The number of nitrogens with zero attached hydrogens (tertiary/aromatic N) is 4.